The van der Waals surface area contributed by atoms with E-state index in [0.29, 0.717) is 12.0 Å². The Morgan fingerprint density at radius 2 is 2.11 bits per heavy atom. The van der Waals surface area contributed by atoms with Gasteiger partial charge < -0.3 is 9.73 Å². The average Bonchev–Trinajstić information content (AvgIpc) is 3.11. The van der Waals surface area contributed by atoms with Crippen LogP contribution < -0.4 is 5.32 Å². The maximum Gasteiger partial charge on any atom is 0.122 e. The zero-order valence-corrected chi connectivity index (χ0v) is 12.8. The molecule has 1 aliphatic carbocycles. The molecule has 1 aromatic heterocycles. The third-order valence-electron chi connectivity index (χ3n) is 4.10. The first-order valence-electron chi connectivity index (χ1n) is 7.54. The van der Waals surface area contributed by atoms with Crippen molar-refractivity contribution in [1.29, 1.82) is 0 Å². The van der Waals surface area contributed by atoms with E-state index >= 15 is 0 Å². The van der Waals surface area contributed by atoms with E-state index in [2.05, 4.69) is 44.1 Å². The molecular formula is C16H28N2O. The number of furan rings is 1. The molecule has 1 fully saturated rings. The fraction of sp³-hybridized carbons (Fsp3) is 0.750. The van der Waals surface area contributed by atoms with Gasteiger partial charge in [-0.3, -0.25) is 4.90 Å². The van der Waals surface area contributed by atoms with Crippen molar-refractivity contribution in [2.24, 2.45) is 11.8 Å². The summed E-state index contributed by atoms with van der Waals surface area (Å²) >= 11 is 0. The van der Waals surface area contributed by atoms with E-state index in [9.17, 15) is 0 Å². The first-order valence-corrected chi connectivity index (χ1v) is 7.54. The van der Waals surface area contributed by atoms with Crippen molar-refractivity contribution in [1.82, 2.24) is 10.2 Å². The fourth-order valence-corrected chi connectivity index (χ4v) is 2.49. The molecule has 1 unspecified atom stereocenters. The SMILES string of the molecule is CC(C)CNCc1occc1CN(C)C(C)C1CC1. The maximum absolute atomic E-state index is 5.61. The first kappa shape index (κ1) is 14.6. The third kappa shape index (κ3) is 4.36. The third-order valence-corrected chi connectivity index (χ3v) is 4.10. The zero-order chi connectivity index (χ0) is 13.8. The normalized spacial score (nSPS) is 17.4. The topological polar surface area (TPSA) is 28.4 Å². The molecule has 0 radical (unpaired) electrons. The number of rotatable bonds is 8. The van der Waals surface area contributed by atoms with Gasteiger partial charge in [0, 0.05) is 18.2 Å². The molecule has 108 valence electrons. The predicted octanol–water partition coefficient (Wildman–Crippen LogP) is 3.26. The zero-order valence-electron chi connectivity index (χ0n) is 12.8. The summed E-state index contributed by atoms with van der Waals surface area (Å²) in [6, 6.07) is 2.80. The van der Waals surface area contributed by atoms with Crippen LogP contribution in [0.2, 0.25) is 0 Å². The van der Waals surface area contributed by atoms with Crippen molar-refractivity contribution in [2.75, 3.05) is 13.6 Å². The molecule has 0 bridgehead atoms. The van der Waals surface area contributed by atoms with Crippen molar-refractivity contribution in [3.8, 4) is 0 Å². The van der Waals surface area contributed by atoms with Gasteiger partial charge in [0.25, 0.3) is 0 Å². The highest BCUT2D eigenvalue weighted by Gasteiger charge is 2.30. The summed E-state index contributed by atoms with van der Waals surface area (Å²) in [5.74, 6) is 2.69. The highest BCUT2D eigenvalue weighted by atomic mass is 16.3. The second-order valence-corrected chi connectivity index (χ2v) is 6.39. The van der Waals surface area contributed by atoms with E-state index in [1.165, 1.54) is 18.4 Å². The van der Waals surface area contributed by atoms with Gasteiger partial charge >= 0.3 is 0 Å². The number of hydrogen-bond donors (Lipinski definition) is 1. The molecule has 3 heteroatoms. The lowest BCUT2D eigenvalue weighted by molar-refractivity contribution is 0.224. The fourth-order valence-electron chi connectivity index (χ4n) is 2.49. The van der Waals surface area contributed by atoms with Gasteiger partial charge in [-0.1, -0.05) is 13.8 Å². The molecule has 0 spiro atoms. The standard InChI is InChI=1S/C16H28N2O/c1-12(2)9-17-10-16-15(7-8-19-16)11-18(4)13(3)14-5-6-14/h7-8,12-14,17H,5-6,9-11H2,1-4H3. The van der Waals surface area contributed by atoms with Crippen molar-refractivity contribution in [3.05, 3.63) is 23.7 Å². The Labute approximate surface area is 117 Å². The molecule has 0 amide bonds. The van der Waals surface area contributed by atoms with Crippen LogP contribution in [-0.2, 0) is 13.1 Å². The predicted molar refractivity (Wildman–Crippen MR) is 78.9 cm³/mol. The lowest BCUT2D eigenvalue weighted by atomic mass is 10.1. The number of hydrogen-bond acceptors (Lipinski definition) is 3. The van der Waals surface area contributed by atoms with E-state index in [1.807, 2.05) is 6.26 Å². The molecule has 1 aliphatic rings. The molecule has 0 aliphatic heterocycles. The van der Waals surface area contributed by atoms with Crippen LogP contribution in [-0.4, -0.2) is 24.5 Å². The Kier molecular flexibility index (Phi) is 5.06. The van der Waals surface area contributed by atoms with Crippen LogP contribution in [0.5, 0.6) is 0 Å². The van der Waals surface area contributed by atoms with Crippen LogP contribution in [0, 0.1) is 11.8 Å². The van der Waals surface area contributed by atoms with E-state index in [0.717, 1.165) is 31.3 Å². The van der Waals surface area contributed by atoms with Crippen molar-refractivity contribution < 1.29 is 4.42 Å². The minimum absolute atomic E-state index is 0.677. The van der Waals surface area contributed by atoms with Gasteiger partial charge in [0.15, 0.2) is 0 Å². The Bertz CT molecular complexity index is 382. The summed E-state index contributed by atoms with van der Waals surface area (Å²) in [7, 11) is 2.22. The highest BCUT2D eigenvalue weighted by molar-refractivity contribution is 5.17. The first-order chi connectivity index (χ1) is 9.08. The van der Waals surface area contributed by atoms with Gasteiger partial charge in [0.2, 0.25) is 0 Å². The number of nitrogens with zero attached hydrogens (tertiary/aromatic N) is 1. The minimum atomic E-state index is 0.677. The summed E-state index contributed by atoms with van der Waals surface area (Å²) in [4.78, 5) is 2.45. The smallest absolute Gasteiger partial charge is 0.122 e. The molecule has 0 saturated heterocycles. The maximum atomic E-state index is 5.61. The molecule has 0 aromatic carbocycles. The van der Waals surface area contributed by atoms with Crippen molar-refractivity contribution in [2.45, 2.75) is 52.7 Å². The summed E-state index contributed by atoms with van der Waals surface area (Å²) in [6.45, 7) is 9.66. The van der Waals surface area contributed by atoms with E-state index in [1.54, 1.807) is 0 Å². The molecule has 19 heavy (non-hydrogen) atoms. The van der Waals surface area contributed by atoms with E-state index in [-0.39, 0.29) is 0 Å². The Hall–Kier alpha value is -0.800. The van der Waals surface area contributed by atoms with E-state index < -0.39 is 0 Å². The van der Waals surface area contributed by atoms with E-state index in [4.69, 9.17) is 4.42 Å². The van der Waals surface area contributed by atoms with Crippen molar-refractivity contribution >= 4 is 0 Å². The lowest BCUT2D eigenvalue weighted by Gasteiger charge is -2.24. The summed E-state index contributed by atoms with van der Waals surface area (Å²) in [6.07, 6.45) is 4.62. The van der Waals surface area contributed by atoms with Gasteiger partial charge in [-0.15, -0.1) is 0 Å². The summed E-state index contributed by atoms with van der Waals surface area (Å²) < 4.78 is 5.61. The molecule has 2 rings (SSSR count). The molecule has 1 heterocycles. The molecular weight excluding hydrogens is 236 g/mol. The van der Waals surface area contributed by atoms with Crippen LogP contribution in [0.4, 0.5) is 0 Å². The molecule has 1 saturated carbocycles. The van der Waals surface area contributed by atoms with Gasteiger partial charge in [-0.05, 0) is 51.3 Å². The Balaban J connectivity index is 1.84. The molecule has 1 N–H and O–H groups in total. The lowest BCUT2D eigenvalue weighted by Crippen LogP contribution is -2.30. The average molecular weight is 264 g/mol. The quantitative estimate of drug-likeness (QED) is 0.781. The van der Waals surface area contributed by atoms with Crippen LogP contribution in [0.25, 0.3) is 0 Å². The largest absolute Gasteiger partial charge is 0.468 e. The van der Waals surface area contributed by atoms with Crippen LogP contribution >= 0.6 is 0 Å². The second-order valence-electron chi connectivity index (χ2n) is 6.39. The monoisotopic (exact) mass is 264 g/mol. The number of nitrogens with one attached hydrogen (secondary N) is 1. The Morgan fingerprint density at radius 1 is 1.37 bits per heavy atom. The van der Waals surface area contributed by atoms with Gasteiger partial charge in [-0.25, -0.2) is 0 Å². The molecule has 1 aromatic rings. The summed E-state index contributed by atoms with van der Waals surface area (Å²) in [5, 5.41) is 3.45. The van der Waals surface area contributed by atoms with Crippen LogP contribution in [0.15, 0.2) is 16.7 Å². The van der Waals surface area contributed by atoms with Gasteiger partial charge in [0.1, 0.15) is 5.76 Å². The minimum Gasteiger partial charge on any atom is -0.468 e. The summed E-state index contributed by atoms with van der Waals surface area (Å²) in [5.41, 5.74) is 1.33. The van der Waals surface area contributed by atoms with Crippen LogP contribution in [0.3, 0.4) is 0 Å². The van der Waals surface area contributed by atoms with Gasteiger partial charge in [-0.2, -0.15) is 0 Å². The van der Waals surface area contributed by atoms with Crippen LogP contribution in [0.1, 0.15) is 44.9 Å². The Morgan fingerprint density at radius 3 is 2.74 bits per heavy atom. The second kappa shape index (κ2) is 6.58. The van der Waals surface area contributed by atoms with Crippen molar-refractivity contribution in [3.63, 3.8) is 0 Å². The molecule has 1 atom stereocenters. The van der Waals surface area contributed by atoms with Gasteiger partial charge in [0.05, 0.1) is 12.8 Å². The molecule has 3 nitrogen and oxygen atoms in total. The highest BCUT2D eigenvalue weighted by Crippen LogP contribution is 2.35.